The molecule has 0 saturated carbocycles. The fraction of sp³-hybridized carbons (Fsp3) is 0.500. The summed E-state index contributed by atoms with van der Waals surface area (Å²) in [4.78, 5) is 0. The van der Waals surface area contributed by atoms with Gasteiger partial charge in [-0.1, -0.05) is 39.3 Å². The summed E-state index contributed by atoms with van der Waals surface area (Å²) in [5, 5.41) is 0. The summed E-state index contributed by atoms with van der Waals surface area (Å²) in [6.45, 7) is 6.18. The Morgan fingerprint density at radius 1 is 1.08 bits per heavy atom. The Balaban J connectivity index is 0.000000671. The van der Waals surface area contributed by atoms with Gasteiger partial charge >= 0.3 is 0 Å². The van der Waals surface area contributed by atoms with Crippen LogP contribution in [-0.4, -0.2) is 7.11 Å². The number of hydrogen-bond donors (Lipinski definition) is 0. The van der Waals surface area contributed by atoms with Gasteiger partial charge in [0.05, 0.1) is 7.11 Å². The van der Waals surface area contributed by atoms with Crippen LogP contribution in [0.5, 0.6) is 5.75 Å². The van der Waals surface area contributed by atoms with Gasteiger partial charge in [-0.25, -0.2) is 0 Å². The van der Waals surface area contributed by atoms with Gasteiger partial charge in [0, 0.05) is 0 Å². The van der Waals surface area contributed by atoms with Crippen molar-refractivity contribution in [3.63, 3.8) is 0 Å². The molecule has 1 rings (SSSR count). The number of ether oxygens (including phenoxy) is 1. The van der Waals surface area contributed by atoms with Crippen LogP contribution in [-0.2, 0) is 6.42 Å². The minimum atomic E-state index is 0.935. The van der Waals surface area contributed by atoms with Crippen molar-refractivity contribution in [1.29, 1.82) is 0 Å². The summed E-state index contributed by atoms with van der Waals surface area (Å²) in [5.74, 6) is 0.935. The molecule has 0 aliphatic carbocycles. The van der Waals surface area contributed by atoms with Crippen LogP contribution in [0.3, 0.4) is 0 Å². The van der Waals surface area contributed by atoms with Crippen LogP contribution < -0.4 is 4.74 Å². The maximum atomic E-state index is 5.05. The summed E-state index contributed by atoms with van der Waals surface area (Å²) in [6, 6.07) is 8.24. The summed E-state index contributed by atoms with van der Waals surface area (Å²) in [6.07, 6.45) is 2.36. The van der Waals surface area contributed by atoms with E-state index < -0.39 is 0 Å². The van der Waals surface area contributed by atoms with Crippen molar-refractivity contribution in [2.24, 2.45) is 0 Å². The van der Waals surface area contributed by atoms with Crippen LogP contribution in [0.1, 0.15) is 32.8 Å². The van der Waals surface area contributed by atoms with E-state index in [-0.39, 0.29) is 0 Å². The Kier molecular flexibility index (Phi) is 7.08. The second-order valence-corrected chi connectivity index (χ2v) is 2.60. The highest BCUT2D eigenvalue weighted by atomic mass is 16.5. The lowest BCUT2D eigenvalue weighted by Crippen LogP contribution is -1.84. The zero-order valence-electron chi connectivity index (χ0n) is 9.13. The molecule has 0 fully saturated rings. The quantitative estimate of drug-likeness (QED) is 0.689. The molecule has 0 atom stereocenters. The largest absolute Gasteiger partial charge is 0.497 e. The highest BCUT2D eigenvalue weighted by Gasteiger charge is 1.91. The van der Waals surface area contributed by atoms with Gasteiger partial charge in [0.15, 0.2) is 0 Å². The van der Waals surface area contributed by atoms with E-state index in [9.17, 15) is 0 Å². The molecule has 0 N–H and O–H groups in total. The lowest BCUT2D eigenvalue weighted by Gasteiger charge is -2.00. The second kappa shape index (κ2) is 7.66. The summed E-state index contributed by atoms with van der Waals surface area (Å²) in [5.41, 5.74) is 1.38. The predicted octanol–water partition coefficient (Wildman–Crippen LogP) is 3.67. The van der Waals surface area contributed by atoms with Gasteiger partial charge in [0.25, 0.3) is 0 Å². The molecule has 0 heterocycles. The van der Waals surface area contributed by atoms with Crippen molar-refractivity contribution in [3.05, 3.63) is 29.8 Å². The second-order valence-electron chi connectivity index (χ2n) is 2.60. The number of hydrogen-bond acceptors (Lipinski definition) is 1. The standard InChI is InChI=1S/C10H14O.C2H6/c1-3-4-9-5-7-10(11-2)8-6-9;1-2/h5-8H,3-4H2,1-2H3;1-2H3. The van der Waals surface area contributed by atoms with Gasteiger partial charge in [-0.05, 0) is 24.1 Å². The molecule has 13 heavy (non-hydrogen) atoms. The Labute approximate surface area is 81.7 Å². The van der Waals surface area contributed by atoms with Gasteiger partial charge in [-0.2, -0.15) is 0 Å². The first-order valence-corrected chi connectivity index (χ1v) is 4.99. The average molecular weight is 180 g/mol. The van der Waals surface area contributed by atoms with Crippen molar-refractivity contribution in [2.75, 3.05) is 7.11 Å². The van der Waals surface area contributed by atoms with E-state index in [0.717, 1.165) is 12.2 Å². The van der Waals surface area contributed by atoms with Crippen molar-refractivity contribution < 1.29 is 4.74 Å². The van der Waals surface area contributed by atoms with Crippen LogP contribution in [0, 0.1) is 0 Å². The number of methoxy groups -OCH3 is 1. The molecule has 0 aromatic heterocycles. The van der Waals surface area contributed by atoms with Crippen molar-refractivity contribution >= 4 is 0 Å². The van der Waals surface area contributed by atoms with Gasteiger partial charge < -0.3 is 4.74 Å². The topological polar surface area (TPSA) is 9.23 Å². The Morgan fingerprint density at radius 3 is 2.00 bits per heavy atom. The number of rotatable bonds is 3. The minimum Gasteiger partial charge on any atom is -0.497 e. The molecular formula is C12H20O. The average Bonchev–Trinajstić information content (AvgIpc) is 2.23. The lowest BCUT2D eigenvalue weighted by atomic mass is 10.1. The molecule has 0 amide bonds. The van der Waals surface area contributed by atoms with E-state index in [1.807, 2.05) is 26.0 Å². The Morgan fingerprint density at radius 2 is 1.62 bits per heavy atom. The van der Waals surface area contributed by atoms with Gasteiger partial charge in [-0.3, -0.25) is 0 Å². The zero-order chi connectivity index (χ0) is 10.1. The lowest BCUT2D eigenvalue weighted by molar-refractivity contribution is 0.414. The summed E-state index contributed by atoms with van der Waals surface area (Å²) < 4.78 is 5.05. The molecule has 0 aliphatic heterocycles. The van der Waals surface area contributed by atoms with Gasteiger partial charge in [0.2, 0.25) is 0 Å². The van der Waals surface area contributed by atoms with Crippen molar-refractivity contribution in [3.8, 4) is 5.75 Å². The molecule has 0 saturated heterocycles. The van der Waals surface area contributed by atoms with E-state index in [1.54, 1.807) is 7.11 Å². The SMILES string of the molecule is CC.CCCc1ccc(OC)cc1. The highest BCUT2D eigenvalue weighted by Crippen LogP contribution is 2.11. The normalized spacial score (nSPS) is 8.62. The van der Waals surface area contributed by atoms with E-state index >= 15 is 0 Å². The first-order chi connectivity index (χ1) is 6.36. The fourth-order valence-electron chi connectivity index (χ4n) is 1.08. The Bertz CT molecular complexity index is 201. The van der Waals surface area contributed by atoms with Crippen molar-refractivity contribution in [2.45, 2.75) is 33.6 Å². The molecule has 0 unspecified atom stereocenters. The first kappa shape index (κ1) is 12.0. The molecule has 0 aliphatic rings. The summed E-state index contributed by atoms with van der Waals surface area (Å²) >= 11 is 0. The molecule has 0 radical (unpaired) electrons. The molecule has 1 heteroatoms. The van der Waals surface area contributed by atoms with Crippen LogP contribution in [0.15, 0.2) is 24.3 Å². The first-order valence-electron chi connectivity index (χ1n) is 4.99. The molecule has 0 bridgehead atoms. The monoisotopic (exact) mass is 180 g/mol. The van der Waals surface area contributed by atoms with Crippen LogP contribution in [0.2, 0.25) is 0 Å². The highest BCUT2D eigenvalue weighted by molar-refractivity contribution is 5.27. The molecule has 1 aromatic carbocycles. The van der Waals surface area contributed by atoms with E-state index in [4.69, 9.17) is 4.74 Å². The van der Waals surface area contributed by atoms with E-state index in [1.165, 1.54) is 12.0 Å². The van der Waals surface area contributed by atoms with Crippen molar-refractivity contribution in [1.82, 2.24) is 0 Å². The molecule has 0 spiro atoms. The zero-order valence-corrected chi connectivity index (χ0v) is 9.13. The fourth-order valence-corrected chi connectivity index (χ4v) is 1.08. The number of aryl methyl sites for hydroxylation is 1. The van der Waals surface area contributed by atoms with Crippen LogP contribution >= 0.6 is 0 Å². The molecule has 1 aromatic rings. The maximum absolute atomic E-state index is 5.05. The smallest absolute Gasteiger partial charge is 0.118 e. The van der Waals surface area contributed by atoms with E-state index in [0.29, 0.717) is 0 Å². The maximum Gasteiger partial charge on any atom is 0.118 e. The minimum absolute atomic E-state index is 0.935. The summed E-state index contributed by atoms with van der Waals surface area (Å²) in [7, 11) is 1.69. The molecule has 1 nitrogen and oxygen atoms in total. The predicted molar refractivity (Wildman–Crippen MR) is 58.3 cm³/mol. The third-order valence-electron chi connectivity index (χ3n) is 1.70. The van der Waals surface area contributed by atoms with E-state index in [2.05, 4.69) is 19.1 Å². The molecular weight excluding hydrogens is 160 g/mol. The molecule has 74 valence electrons. The number of benzene rings is 1. The third kappa shape index (κ3) is 4.56. The van der Waals surface area contributed by atoms with Gasteiger partial charge in [-0.15, -0.1) is 0 Å². The van der Waals surface area contributed by atoms with Gasteiger partial charge in [0.1, 0.15) is 5.75 Å². The Hall–Kier alpha value is -0.980. The van der Waals surface area contributed by atoms with Crippen LogP contribution in [0.25, 0.3) is 0 Å². The van der Waals surface area contributed by atoms with Crippen LogP contribution in [0.4, 0.5) is 0 Å². The third-order valence-corrected chi connectivity index (χ3v) is 1.70.